The summed E-state index contributed by atoms with van der Waals surface area (Å²) in [5, 5.41) is 2.92. The van der Waals surface area contributed by atoms with E-state index in [2.05, 4.69) is 20.3 Å². The van der Waals surface area contributed by atoms with Crippen molar-refractivity contribution in [2.75, 3.05) is 38.3 Å². The lowest BCUT2D eigenvalue weighted by atomic mass is 10.4. The molecule has 0 atom stereocenters. The fourth-order valence-electron chi connectivity index (χ4n) is 1.21. The summed E-state index contributed by atoms with van der Waals surface area (Å²) in [6.45, 7) is 2.92. The van der Waals surface area contributed by atoms with Gasteiger partial charge < -0.3 is 20.7 Å². The molecule has 1 aromatic heterocycles. The number of hydrogen-bond donors (Lipinski definition) is 2. The second kappa shape index (κ2) is 7.34. The highest BCUT2D eigenvalue weighted by molar-refractivity contribution is 5.75. The summed E-state index contributed by atoms with van der Waals surface area (Å²) in [5.74, 6) is 0.421. The molecule has 8 nitrogen and oxygen atoms in total. The molecule has 19 heavy (non-hydrogen) atoms. The summed E-state index contributed by atoms with van der Waals surface area (Å²) < 4.78 is 5.28. The average molecular weight is 268 g/mol. The molecule has 3 N–H and O–H groups in total. The fourth-order valence-corrected chi connectivity index (χ4v) is 1.21. The quantitative estimate of drug-likeness (QED) is 0.724. The van der Waals surface area contributed by atoms with Crippen molar-refractivity contribution in [3.05, 3.63) is 0 Å². The van der Waals surface area contributed by atoms with Crippen LogP contribution in [0.4, 0.5) is 11.9 Å². The Morgan fingerprint density at radius 1 is 1.37 bits per heavy atom. The Labute approximate surface area is 112 Å². The third-order valence-corrected chi connectivity index (χ3v) is 2.19. The number of nitrogens with zero attached hydrogens (tertiary/aromatic N) is 4. The van der Waals surface area contributed by atoms with Crippen molar-refractivity contribution < 1.29 is 9.53 Å². The molecule has 0 radical (unpaired) electrons. The van der Waals surface area contributed by atoms with Crippen LogP contribution in [0.15, 0.2) is 0 Å². The molecule has 1 amide bonds. The Kier molecular flexibility index (Phi) is 5.77. The van der Waals surface area contributed by atoms with Crippen LogP contribution in [-0.2, 0) is 4.79 Å². The highest BCUT2D eigenvalue weighted by Gasteiger charge is 2.07. The van der Waals surface area contributed by atoms with E-state index in [4.69, 9.17) is 10.5 Å². The molecular weight excluding hydrogens is 248 g/mol. The average Bonchev–Trinajstić information content (AvgIpc) is 2.35. The molecule has 0 spiro atoms. The molecule has 0 bridgehead atoms. The number of carbonyl (C=O) groups excluding carboxylic acids is 1. The Bertz CT molecular complexity index is 424. The molecule has 1 rings (SSSR count). The summed E-state index contributed by atoms with van der Waals surface area (Å²) >= 11 is 0. The van der Waals surface area contributed by atoms with Crippen LogP contribution in [0.1, 0.15) is 19.8 Å². The number of nitrogen functional groups attached to an aromatic ring is 1. The van der Waals surface area contributed by atoms with Crippen molar-refractivity contribution in [3.63, 3.8) is 0 Å². The van der Waals surface area contributed by atoms with Gasteiger partial charge in [0.15, 0.2) is 0 Å². The van der Waals surface area contributed by atoms with Gasteiger partial charge in [0, 0.05) is 27.1 Å². The second-order valence-electron chi connectivity index (χ2n) is 4.11. The van der Waals surface area contributed by atoms with Crippen LogP contribution in [0.25, 0.3) is 0 Å². The largest absolute Gasteiger partial charge is 0.463 e. The van der Waals surface area contributed by atoms with Crippen molar-refractivity contribution in [3.8, 4) is 6.01 Å². The number of nitrogens with two attached hydrogens (primary N) is 1. The van der Waals surface area contributed by atoms with Crippen LogP contribution in [0.3, 0.4) is 0 Å². The van der Waals surface area contributed by atoms with Crippen molar-refractivity contribution >= 4 is 17.8 Å². The van der Waals surface area contributed by atoms with Crippen LogP contribution in [-0.4, -0.2) is 53.0 Å². The van der Waals surface area contributed by atoms with Gasteiger partial charge in [0.25, 0.3) is 0 Å². The van der Waals surface area contributed by atoms with Gasteiger partial charge in [-0.2, -0.15) is 15.0 Å². The van der Waals surface area contributed by atoms with Crippen LogP contribution in [0.5, 0.6) is 6.01 Å². The normalized spacial score (nSPS) is 10.1. The summed E-state index contributed by atoms with van der Waals surface area (Å²) in [6.07, 6.45) is 1.20. The minimum absolute atomic E-state index is 0.0250. The molecule has 0 aromatic carbocycles. The summed E-state index contributed by atoms with van der Waals surface area (Å²) in [7, 11) is 3.42. The predicted molar refractivity (Wildman–Crippen MR) is 71.8 cm³/mol. The van der Waals surface area contributed by atoms with Gasteiger partial charge in [-0.3, -0.25) is 4.79 Å². The fraction of sp³-hybridized carbons (Fsp3) is 0.636. The van der Waals surface area contributed by atoms with Gasteiger partial charge in [0.1, 0.15) is 0 Å². The smallest absolute Gasteiger partial charge is 0.323 e. The number of aromatic nitrogens is 3. The third kappa shape index (κ3) is 5.36. The number of ether oxygens (including phenoxy) is 1. The first kappa shape index (κ1) is 14.9. The highest BCUT2D eigenvalue weighted by Crippen LogP contribution is 2.09. The molecule has 0 aliphatic heterocycles. The zero-order valence-corrected chi connectivity index (χ0v) is 11.5. The van der Waals surface area contributed by atoms with E-state index in [0.29, 0.717) is 25.5 Å². The van der Waals surface area contributed by atoms with Gasteiger partial charge in [0.2, 0.25) is 17.8 Å². The molecule has 0 aliphatic carbocycles. The molecule has 0 aliphatic rings. The molecule has 106 valence electrons. The van der Waals surface area contributed by atoms with E-state index < -0.39 is 0 Å². The minimum Gasteiger partial charge on any atom is -0.463 e. The second-order valence-corrected chi connectivity index (χ2v) is 4.11. The monoisotopic (exact) mass is 268 g/mol. The molecule has 0 unspecified atom stereocenters. The van der Waals surface area contributed by atoms with Gasteiger partial charge >= 0.3 is 6.01 Å². The topological polar surface area (TPSA) is 106 Å². The first-order chi connectivity index (χ1) is 9.02. The van der Waals surface area contributed by atoms with E-state index >= 15 is 0 Å². The lowest BCUT2D eigenvalue weighted by Gasteiger charge is -2.11. The SMILES string of the molecule is CCCOc1nc(N)nc(NCCC(=O)N(C)C)n1. The maximum atomic E-state index is 11.4. The number of rotatable bonds is 7. The van der Waals surface area contributed by atoms with Crippen molar-refractivity contribution in [1.82, 2.24) is 19.9 Å². The lowest BCUT2D eigenvalue weighted by Crippen LogP contribution is -2.24. The highest BCUT2D eigenvalue weighted by atomic mass is 16.5. The maximum Gasteiger partial charge on any atom is 0.323 e. The van der Waals surface area contributed by atoms with E-state index in [1.807, 2.05) is 6.92 Å². The molecule has 1 aromatic rings. The van der Waals surface area contributed by atoms with Gasteiger partial charge in [-0.1, -0.05) is 6.92 Å². The van der Waals surface area contributed by atoms with E-state index in [1.54, 1.807) is 14.1 Å². The predicted octanol–water partition coefficient (Wildman–Crippen LogP) is 0.133. The maximum absolute atomic E-state index is 11.4. The Morgan fingerprint density at radius 2 is 2.11 bits per heavy atom. The molecule has 8 heteroatoms. The van der Waals surface area contributed by atoms with Crippen LogP contribution in [0.2, 0.25) is 0 Å². The number of amides is 1. The molecule has 1 heterocycles. The Morgan fingerprint density at radius 3 is 2.74 bits per heavy atom. The molecule has 0 saturated heterocycles. The summed E-state index contributed by atoms with van der Waals surface area (Å²) in [6, 6.07) is 0.191. The number of carbonyl (C=O) groups is 1. The van der Waals surface area contributed by atoms with Crippen LogP contribution >= 0.6 is 0 Å². The number of hydrogen-bond acceptors (Lipinski definition) is 7. The lowest BCUT2D eigenvalue weighted by molar-refractivity contribution is -0.128. The standard InChI is InChI=1S/C11H20N6O2/c1-4-7-19-11-15-9(12)14-10(16-11)13-6-5-8(18)17(2)3/h4-7H2,1-3H3,(H3,12,13,14,15,16). The van der Waals surface area contributed by atoms with Gasteiger partial charge in [0.05, 0.1) is 6.61 Å². The van der Waals surface area contributed by atoms with Gasteiger partial charge in [-0.25, -0.2) is 0 Å². The summed E-state index contributed by atoms with van der Waals surface area (Å²) in [4.78, 5) is 24.8. The first-order valence-electron chi connectivity index (χ1n) is 6.11. The van der Waals surface area contributed by atoms with Crippen molar-refractivity contribution in [1.29, 1.82) is 0 Å². The third-order valence-electron chi connectivity index (χ3n) is 2.19. The Balaban J connectivity index is 2.53. The van der Waals surface area contributed by atoms with E-state index in [1.165, 1.54) is 4.90 Å². The van der Waals surface area contributed by atoms with Crippen molar-refractivity contribution in [2.45, 2.75) is 19.8 Å². The van der Waals surface area contributed by atoms with Gasteiger partial charge in [-0.05, 0) is 6.42 Å². The number of nitrogens with one attached hydrogen (secondary N) is 1. The minimum atomic E-state index is 0.0250. The number of anilines is 2. The first-order valence-corrected chi connectivity index (χ1v) is 6.11. The van der Waals surface area contributed by atoms with E-state index in [0.717, 1.165) is 6.42 Å². The zero-order chi connectivity index (χ0) is 14.3. The van der Waals surface area contributed by atoms with Gasteiger partial charge in [-0.15, -0.1) is 0 Å². The zero-order valence-electron chi connectivity index (χ0n) is 11.5. The molecular formula is C11H20N6O2. The Hall–Kier alpha value is -2.12. The summed E-state index contributed by atoms with van der Waals surface area (Å²) in [5.41, 5.74) is 5.55. The van der Waals surface area contributed by atoms with E-state index in [9.17, 15) is 4.79 Å². The van der Waals surface area contributed by atoms with Crippen molar-refractivity contribution in [2.24, 2.45) is 0 Å². The molecule has 0 saturated carbocycles. The van der Waals surface area contributed by atoms with Crippen LogP contribution < -0.4 is 15.8 Å². The molecule has 0 fully saturated rings. The van der Waals surface area contributed by atoms with Crippen LogP contribution in [0, 0.1) is 0 Å². The van der Waals surface area contributed by atoms with E-state index in [-0.39, 0.29) is 17.9 Å².